The van der Waals surface area contributed by atoms with E-state index in [9.17, 15) is 17.6 Å². The normalized spacial score (nSPS) is 16.5. The zero-order valence-corrected chi connectivity index (χ0v) is 12.6. The van der Waals surface area contributed by atoms with E-state index in [4.69, 9.17) is 0 Å². The molecule has 1 aliphatic heterocycles. The number of hydrogen-bond donors (Lipinski definition) is 1. The van der Waals surface area contributed by atoms with E-state index < -0.39 is 21.9 Å². The summed E-state index contributed by atoms with van der Waals surface area (Å²) in [5.41, 5.74) is 0.394. The maximum Gasteiger partial charge on any atom is 0.345 e. The molecule has 1 N–H and O–H groups in total. The molecule has 0 aliphatic carbocycles. The first-order valence-electron chi connectivity index (χ1n) is 6.30. The van der Waals surface area contributed by atoms with Gasteiger partial charge in [-0.15, -0.1) is 11.0 Å². The summed E-state index contributed by atoms with van der Waals surface area (Å²) in [5.74, 6) is -1.02. The first-order chi connectivity index (χ1) is 10.3. The molecule has 1 heterocycles. The zero-order valence-electron chi connectivity index (χ0n) is 11.8. The summed E-state index contributed by atoms with van der Waals surface area (Å²) in [7, 11) is -2.78. The third kappa shape index (κ3) is 3.22. The molecule has 116 valence electrons. The van der Waals surface area contributed by atoms with E-state index in [0.29, 0.717) is 5.56 Å². The van der Waals surface area contributed by atoms with E-state index in [1.807, 2.05) is 0 Å². The van der Waals surface area contributed by atoms with Gasteiger partial charge in [-0.05, 0) is 30.3 Å². The number of allylic oxidation sites excluding steroid dienone is 1. The Kier molecular flexibility index (Phi) is 4.41. The van der Waals surface area contributed by atoms with Gasteiger partial charge in [0.05, 0.1) is 5.71 Å². The lowest BCUT2D eigenvalue weighted by Gasteiger charge is -2.23. The number of carbonyl (C=O) groups is 1. The molecule has 0 spiro atoms. The minimum atomic E-state index is -4.02. The van der Waals surface area contributed by atoms with Crippen molar-refractivity contribution in [2.45, 2.75) is 0 Å². The Morgan fingerprint density at radius 3 is 2.64 bits per heavy atom. The van der Waals surface area contributed by atoms with Crippen molar-refractivity contribution in [3.63, 3.8) is 0 Å². The second kappa shape index (κ2) is 6.10. The second-order valence-electron chi connectivity index (χ2n) is 4.46. The third-order valence-electron chi connectivity index (χ3n) is 2.95. The van der Waals surface area contributed by atoms with Crippen molar-refractivity contribution in [2.24, 2.45) is 4.40 Å². The van der Waals surface area contributed by atoms with Crippen molar-refractivity contribution in [3.8, 4) is 0 Å². The summed E-state index contributed by atoms with van der Waals surface area (Å²) >= 11 is 0. The summed E-state index contributed by atoms with van der Waals surface area (Å²) in [4.78, 5) is 12.0. The van der Waals surface area contributed by atoms with Crippen molar-refractivity contribution >= 4 is 21.8 Å². The highest BCUT2D eigenvalue weighted by Crippen LogP contribution is 2.19. The summed E-state index contributed by atoms with van der Waals surface area (Å²) in [6.45, 7) is 3.67. The maximum atomic E-state index is 13.0. The molecule has 0 bridgehead atoms. The molecule has 1 aliphatic rings. The molecule has 0 fully saturated rings. The molecule has 0 aromatic heterocycles. The van der Waals surface area contributed by atoms with Crippen molar-refractivity contribution in [1.29, 1.82) is 0 Å². The standard InChI is InChI=1S/C14H14FN3O3S/c1-3-8-16-14(19)13-9-12(17-22(20,21)18(13)2)10-4-6-11(15)7-5-10/h3-7,9H,1,8H2,2H3,(H,16,19). The van der Waals surface area contributed by atoms with Crippen LogP contribution in [0.15, 0.2) is 53.1 Å². The van der Waals surface area contributed by atoms with Crippen LogP contribution >= 0.6 is 0 Å². The number of benzene rings is 1. The van der Waals surface area contributed by atoms with Crippen LogP contribution in [0.3, 0.4) is 0 Å². The van der Waals surface area contributed by atoms with Gasteiger partial charge < -0.3 is 5.32 Å². The number of amides is 1. The van der Waals surface area contributed by atoms with Crippen molar-refractivity contribution in [1.82, 2.24) is 9.62 Å². The Balaban J connectivity index is 2.45. The SMILES string of the molecule is C=CCNC(=O)C1=CC(c2ccc(F)cc2)=NS(=O)(=O)N1C. The van der Waals surface area contributed by atoms with Crippen molar-refractivity contribution in [2.75, 3.05) is 13.6 Å². The Labute approximate surface area is 127 Å². The summed E-state index contributed by atoms with van der Waals surface area (Å²) in [6, 6.07) is 5.16. The number of hydrogen-bond acceptors (Lipinski definition) is 3. The highest BCUT2D eigenvalue weighted by molar-refractivity contribution is 7.88. The van der Waals surface area contributed by atoms with Crippen LogP contribution in [0.5, 0.6) is 0 Å². The monoisotopic (exact) mass is 323 g/mol. The first-order valence-corrected chi connectivity index (χ1v) is 7.70. The van der Waals surface area contributed by atoms with Gasteiger partial charge in [-0.1, -0.05) is 6.08 Å². The summed E-state index contributed by atoms with van der Waals surface area (Å²) in [6.07, 6.45) is 2.82. The van der Waals surface area contributed by atoms with E-state index in [1.165, 1.54) is 43.5 Å². The molecule has 0 radical (unpaired) electrons. The van der Waals surface area contributed by atoms with Gasteiger partial charge in [0.1, 0.15) is 11.5 Å². The van der Waals surface area contributed by atoms with Gasteiger partial charge in [-0.3, -0.25) is 4.79 Å². The largest absolute Gasteiger partial charge is 0.347 e. The molecular weight excluding hydrogens is 309 g/mol. The number of likely N-dealkylation sites (N-methyl/N-ethyl adjacent to an activating group) is 1. The van der Waals surface area contributed by atoms with E-state index >= 15 is 0 Å². The van der Waals surface area contributed by atoms with Gasteiger partial charge in [-0.25, -0.2) is 8.70 Å². The lowest BCUT2D eigenvalue weighted by molar-refractivity contribution is -0.118. The first kappa shape index (κ1) is 15.9. The van der Waals surface area contributed by atoms with Crippen molar-refractivity contribution in [3.05, 3.63) is 60.1 Å². The van der Waals surface area contributed by atoms with Gasteiger partial charge in [0.2, 0.25) is 0 Å². The van der Waals surface area contributed by atoms with Crippen LogP contribution in [0.25, 0.3) is 0 Å². The van der Waals surface area contributed by atoms with Crippen LogP contribution in [0.2, 0.25) is 0 Å². The topological polar surface area (TPSA) is 78.8 Å². The molecule has 0 atom stereocenters. The highest BCUT2D eigenvalue weighted by atomic mass is 32.2. The molecular formula is C14H14FN3O3S. The Morgan fingerprint density at radius 2 is 2.05 bits per heavy atom. The lowest BCUT2D eigenvalue weighted by Crippen LogP contribution is -2.38. The Bertz CT molecular complexity index is 767. The van der Waals surface area contributed by atoms with Gasteiger partial charge >= 0.3 is 10.2 Å². The molecule has 6 nitrogen and oxygen atoms in total. The van der Waals surface area contributed by atoms with E-state index in [2.05, 4.69) is 16.3 Å². The predicted molar refractivity (Wildman–Crippen MR) is 80.9 cm³/mol. The molecule has 22 heavy (non-hydrogen) atoms. The molecule has 0 saturated heterocycles. The smallest absolute Gasteiger partial charge is 0.345 e. The fourth-order valence-electron chi connectivity index (χ4n) is 1.78. The van der Waals surface area contributed by atoms with E-state index in [0.717, 1.165) is 4.31 Å². The quantitative estimate of drug-likeness (QED) is 0.839. The number of carbonyl (C=O) groups excluding carboxylic acids is 1. The van der Waals surface area contributed by atoms with Gasteiger partial charge in [-0.2, -0.15) is 8.42 Å². The van der Waals surface area contributed by atoms with E-state index in [1.54, 1.807) is 0 Å². The number of rotatable bonds is 4. The molecule has 1 aromatic rings. The van der Waals surface area contributed by atoms with Crippen LogP contribution in [-0.4, -0.2) is 37.9 Å². The van der Waals surface area contributed by atoms with Crippen LogP contribution in [0.4, 0.5) is 4.39 Å². The van der Waals surface area contributed by atoms with Crippen LogP contribution in [0.1, 0.15) is 5.56 Å². The Morgan fingerprint density at radius 1 is 1.41 bits per heavy atom. The third-order valence-corrected chi connectivity index (χ3v) is 4.27. The average Bonchev–Trinajstić information content (AvgIpc) is 2.48. The fraction of sp³-hybridized carbons (Fsp3) is 0.143. The fourth-order valence-corrected chi connectivity index (χ4v) is 2.69. The minimum absolute atomic E-state index is 0.0712. The van der Waals surface area contributed by atoms with Crippen LogP contribution in [0, 0.1) is 5.82 Å². The highest BCUT2D eigenvalue weighted by Gasteiger charge is 2.29. The maximum absolute atomic E-state index is 13.0. The van der Waals surface area contributed by atoms with E-state index in [-0.39, 0.29) is 18.0 Å². The molecule has 0 unspecified atom stereocenters. The van der Waals surface area contributed by atoms with Crippen LogP contribution in [-0.2, 0) is 15.0 Å². The molecule has 1 amide bonds. The predicted octanol–water partition coefficient (Wildman–Crippen LogP) is 0.991. The molecule has 1 aromatic carbocycles. The molecule has 2 rings (SSSR count). The van der Waals surface area contributed by atoms with Crippen molar-refractivity contribution < 1.29 is 17.6 Å². The van der Waals surface area contributed by atoms with Gasteiger partial charge in [0, 0.05) is 19.2 Å². The number of nitrogens with zero attached hydrogens (tertiary/aromatic N) is 2. The van der Waals surface area contributed by atoms with Gasteiger partial charge in [0.25, 0.3) is 5.91 Å². The number of halogens is 1. The lowest BCUT2D eigenvalue weighted by atomic mass is 10.1. The Hall–Kier alpha value is -2.48. The van der Waals surface area contributed by atoms with Crippen LogP contribution < -0.4 is 5.32 Å². The minimum Gasteiger partial charge on any atom is -0.347 e. The molecule has 8 heteroatoms. The summed E-state index contributed by atoms with van der Waals surface area (Å²) < 4.78 is 41.5. The average molecular weight is 323 g/mol. The second-order valence-corrected chi connectivity index (χ2v) is 6.08. The number of nitrogens with one attached hydrogen (secondary N) is 1. The zero-order chi connectivity index (χ0) is 16.3. The molecule has 0 saturated carbocycles. The summed E-state index contributed by atoms with van der Waals surface area (Å²) in [5, 5.41) is 2.50. The van der Waals surface area contributed by atoms with Gasteiger partial charge in [0.15, 0.2) is 0 Å².